The first-order valence-electron chi connectivity index (χ1n) is 6.28. The summed E-state index contributed by atoms with van der Waals surface area (Å²) >= 11 is 0. The van der Waals surface area contributed by atoms with E-state index in [1.807, 2.05) is 38.1 Å². The molecule has 19 heavy (non-hydrogen) atoms. The Morgan fingerprint density at radius 2 is 1.95 bits per heavy atom. The van der Waals surface area contributed by atoms with Crippen molar-refractivity contribution in [2.75, 3.05) is 6.61 Å². The molecular formula is C14H23ClN2O2. The molecule has 0 aliphatic carbocycles. The molecule has 4 N–H and O–H groups in total. The number of halogens is 1. The van der Waals surface area contributed by atoms with E-state index in [0.717, 1.165) is 17.5 Å². The van der Waals surface area contributed by atoms with Gasteiger partial charge in [0.05, 0.1) is 0 Å². The van der Waals surface area contributed by atoms with Crippen molar-refractivity contribution in [3.63, 3.8) is 0 Å². The van der Waals surface area contributed by atoms with Gasteiger partial charge in [0.1, 0.15) is 6.04 Å². The van der Waals surface area contributed by atoms with E-state index in [-0.39, 0.29) is 31.0 Å². The molecule has 1 aromatic carbocycles. The normalized spacial score (nSPS) is 13.3. The first-order valence-corrected chi connectivity index (χ1v) is 6.28. The molecule has 0 saturated heterocycles. The molecule has 0 heterocycles. The zero-order chi connectivity index (χ0) is 13.5. The number of hydrogen-bond donors (Lipinski definition) is 3. The van der Waals surface area contributed by atoms with Crippen LogP contribution in [0.5, 0.6) is 0 Å². The Labute approximate surface area is 120 Å². The first-order chi connectivity index (χ1) is 8.54. The molecular weight excluding hydrogens is 264 g/mol. The van der Waals surface area contributed by atoms with Crippen LogP contribution in [0.2, 0.25) is 0 Å². The van der Waals surface area contributed by atoms with Gasteiger partial charge < -0.3 is 16.2 Å². The highest BCUT2D eigenvalue weighted by molar-refractivity contribution is 5.85. The van der Waals surface area contributed by atoms with Crippen molar-refractivity contribution in [1.29, 1.82) is 0 Å². The number of hydrogen-bond acceptors (Lipinski definition) is 3. The van der Waals surface area contributed by atoms with Gasteiger partial charge in [-0.2, -0.15) is 0 Å². The fourth-order valence-electron chi connectivity index (χ4n) is 1.73. The van der Waals surface area contributed by atoms with E-state index in [1.54, 1.807) is 0 Å². The van der Waals surface area contributed by atoms with E-state index in [0.29, 0.717) is 6.42 Å². The molecule has 0 saturated carbocycles. The molecule has 0 spiro atoms. The van der Waals surface area contributed by atoms with E-state index in [9.17, 15) is 4.79 Å². The van der Waals surface area contributed by atoms with Crippen molar-refractivity contribution in [2.24, 2.45) is 5.73 Å². The van der Waals surface area contributed by atoms with Gasteiger partial charge in [0.2, 0.25) is 5.91 Å². The predicted octanol–water partition coefficient (Wildman–Crippen LogP) is 1.69. The Balaban J connectivity index is 0.00000324. The predicted molar refractivity (Wildman–Crippen MR) is 79.3 cm³/mol. The van der Waals surface area contributed by atoms with Gasteiger partial charge in [-0.3, -0.25) is 4.79 Å². The van der Waals surface area contributed by atoms with E-state index in [2.05, 4.69) is 5.32 Å². The molecule has 5 heteroatoms. The summed E-state index contributed by atoms with van der Waals surface area (Å²) in [7, 11) is 0. The minimum atomic E-state index is -0.637. The van der Waals surface area contributed by atoms with E-state index in [4.69, 9.17) is 10.8 Å². The Kier molecular flexibility index (Phi) is 8.39. The lowest BCUT2D eigenvalue weighted by atomic mass is 10.0. The second-order valence-electron chi connectivity index (χ2n) is 4.66. The van der Waals surface area contributed by atoms with Crippen molar-refractivity contribution >= 4 is 18.3 Å². The lowest BCUT2D eigenvalue weighted by molar-refractivity contribution is -0.123. The van der Waals surface area contributed by atoms with Gasteiger partial charge in [-0.15, -0.1) is 12.4 Å². The lowest BCUT2D eigenvalue weighted by Crippen LogP contribution is -2.39. The van der Waals surface area contributed by atoms with E-state index < -0.39 is 6.04 Å². The number of amides is 1. The van der Waals surface area contributed by atoms with Gasteiger partial charge >= 0.3 is 0 Å². The van der Waals surface area contributed by atoms with Gasteiger partial charge in [-0.25, -0.2) is 0 Å². The number of aryl methyl sites for hydroxylation is 1. The molecule has 0 fully saturated rings. The zero-order valence-corrected chi connectivity index (χ0v) is 12.2. The number of carbonyl (C=O) groups is 1. The fourth-order valence-corrected chi connectivity index (χ4v) is 1.73. The van der Waals surface area contributed by atoms with Crippen LogP contribution >= 0.6 is 12.4 Å². The monoisotopic (exact) mass is 286 g/mol. The summed E-state index contributed by atoms with van der Waals surface area (Å²) in [5.41, 5.74) is 7.86. The summed E-state index contributed by atoms with van der Waals surface area (Å²) in [6, 6.07) is 7.02. The molecule has 108 valence electrons. The van der Waals surface area contributed by atoms with Crippen LogP contribution in [0.3, 0.4) is 0 Å². The standard InChI is InChI=1S/C14H22N2O2.ClH/c1-10-5-7-12(8-6-10)13(15)14(18)16-11(2)4-3-9-17;/h5-8,11,13,17H,3-4,9,15H2,1-2H3,(H,16,18);1H. The third-order valence-electron chi connectivity index (χ3n) is 2.90. The molecule has 0 aliphatic rings. The van der Waals surface area contributed by atoms with Crippen LogP contribution in [0.25, 0.3) is 0 Å². The van der Waals surface area contributed by atoms with Crippen molar-refractivity contribution in [3.8, 4) is 0 Å². The molecule has 0 radical (unpaired) electrons. The minimum absolute atomic E-state index is 0. The maximum atomic E-state index is 11.9. The number of aliphatic hydroxyl groups excluding tert-OH is 1. The van der Waals surface area contributed by atoms with Crippen LogP contribution in [0.1, 0.15) is 36.9 Å². The summed E-state index contributed by atoms with van der Waals surface area (Å²) in [6.45, 7) is 4.05. The van der Waals surface area contributed by atoms with Crippen molar-refractivity contribution in [2.45, 2.75) is 38.8 Å². The van der Waals surface area contributed by atoms with Crippen LogP contribution in [0.15, 0.2) is 24.3 Å². The van der Waals surface area contributed by atoms with Gasteiger partial charge in [0, 0.05) is 12.6 Å². The fraction of sp³-hybridized carbons (Fsp3) is 0.500. The second kappa shape index (κ2) is 8.91. The summed E-state index contributed by atoms with van der Waals surface area (Å²) in [5, 5.41) is 11.6. The largest absolute Gasteiger partial charge is 0.396 e. The number of nitrogens with one attached hydrogen (secondary N) is 1. The highest BCUT2D eigenvalue weighted by Gasteiger charge is 2.17. The average Bonchev–Trinajstić information content (AvgIpc) is 2.36. The maximum Gasteiger partial charge on any atom is 0.241 e. The van der Waals surface area contributed by atoms with Crippen LogP contribution in [-0.2, 0) is 4.79 Å². The summed E-state index contributed by atoms with van der Waals surface area (Å²) in [5.74, 6) is -0.177. The quantitative estimate of drug-likeness (QED) is 0.745. The molecule has 1 rings (SSSR count). The van der Waals surface area contributed by atoms with Crippen LogP contribution < -0.4 is 11.1 Å². The summed E-state index contributed by atoms with van der Waals surface area (Å²) in [4.78, 5) is 11.9. The van der Waals surface area contributed by atoms with Crippen LogP contribution in [0, 0.1) is 6.92 Å². The van der Waals surface area contributed by atoms with Gasteiger partial charge in [-0.1, -0.05) is 29.8 Å². The van der Waals surface area contributed by atoms with Crippen molar-refractivity contribution < 1.29 is 9.90 Å². The number of benzene rings is 1. The maximum absolute atomic E-state index is 11.9. The SMILES string of the molecule is Cc1ccc(C(N)C(=O)NC(C)CCCO)cc1.Cl. The number of rotatable bonds is 6. The number of nitrogens with two attached hydrogens (primary N) is 1. The Morgan fingerprint density at radius 1 is 1.37 bits per heavy atom. The molecule has 1 amide bonds. The first kappa shape index (κ1) is 17.9. The molecule has 4 nitrogen and oxygen atoms in total. The van der Waals surface area contributed by atoms with Crippen LogP contribution in [0.4, 0.5) is 0 Å². The molecule has 0 bridgehead atoms. The van der Waals surface area contributed by atoms with Crippen molar-refractivity contribution in [1.82, 2.24) is 5.32 Å². The molecule has 0 aliphatic heterocycles. The molecule has 1 aromatic rings. The summed E-state index contributed by atoms with van der Waals surface area (Å²) in [6.07, 6.45) is 1.43. The van der Waals surface area contributed by atoms with Gasteiger partial charge in [0.15, 0.2) is 0 Å². The van der Waals surface area contributed by atoms with E-state index in [1.165, 1.54) is 0 Å². The number of carbonyl (C=O) groups excluding carboxylic acids is 1. The van der Waals surface area contributed by atoms with Gasteiger partial charge in [0.25, 0.3) is 0 Å². The highest BCUT2D eigenvalue weighted by atomic mass is 35.5. The highest BCUT2D eigenvalue weighted by Crippen LogP contribution is 2.12. The Hall–Kier alpha value is -1.10. The molecule has 2 atom stereocenters. The van der Waals surface area contributed by atoms with Crippen LogP contribution in [-0.4, -0.2) is 23.7 Å². The smallest absolute Gasteiger partial charge is 0.241 e. The molecule has 0 aromatic heterocycles. The summed E-state index contributed by atoms with van der Waals surface area (Å²) < 4.78 is 0. The second-order valence-corrected chi connectivity index (χ2v) is 4.66. The topological polar surface area (TPSA) is 75.4 Å². The third kappa shape index (κ3) is 6.05. The van der Waals surface area contributed by atoms with E-state index >= 15 is 0 Å². The average molecular weight is 287 g/mol. The zero-order valence-electron chi connectivity index (χ0n) is 11.4. The molecule has 2 unspecified atom stereocenters. The lowest BCUT2D eigenvalue weighted by Gasteiger charge is -2.17. The Morgan fingerprint density at radius 3 is 2.47 bits per heavy atom. The Bertz CT molecular complexity index is 382. The van der Waals surface area contributed by atoms with Gasteiger partial charge in [-0.05, 0) is 32.3 Å². The number of aliphatic hydroxyl groups is 1. The third-order valence-corrected chi connectivity index (χ3v) is 2.90. The minimum Gasteiger partial charge on any atom is -0.396 e. The van der Waals surface area contributed by atoms with Crippen molar-refractivity contribution in [3.05, 3.63) is 35.4 Å².